The predicted octanol–water partition coefficient (Wildman–Crippen LogP) is 4.16. The summed E-state index contributed by atoms with van der Waals surface area (Å²) in [7, 11) is 0. The number of fused-ring (bicyclic) bond motifs is 1. The molecule has 0 saturated carbocycles. The van der Waals surface area contributed by atoms with E-state index in [-0.39, 0.29) is 5.91 Å². The van der Waals surface area contributed by atoms with Crippen molar-refractivity contribution in [1.29, 1.82) is 0 Å². The van der Waals surface area contributed by atoms with Crippen LogP contribution in [0.15, 0.2) is 36.4 Å². The molecule has 3 nitrogen and oxygen atoms in total. The molecular formula is C18H17F2NO2S. The quantitative estimate of drug-likeness (QED) is 0.796. The van der Waals surface area contributed by atoms with Gasteiger partial charge < -0.3 is 10.1 Å². The first-order valence-electron chi connectivity index (χ1n) is 7.69. The van der Waals surface area contributed by atoms with Gasteiger partial charge in [-0.15, -0.1) is 0 Å². The highest BCUT2D eigenvalue weighted by Crippen LogP contribution is 2.27. The maximum atomic E-state index is 13.5. The summed E-state index contributed by atoms with van der Waals surface area (Å²) in [6, 6.07) is 9.82. The molecule has 0 unspecified atom stereocenters. The second kappa shape index (κ2) is 7.66. The van der Waals surface area contributed by atoms with Crippen LogP contribution in [0.2, 0.25) is 0 Å². The molecule has 0 saturated heterocycles. The highest BCUT2D eigenvalue weighted by molar-refractivity contribution is 7.98. The summed E-state index contributed by atoms with van der Waals surface area (Å²) in [6.07, 6.45) is 1.21. The van der Waals surface area contributed by atoms with Crippen LogP contribution in [-0.2, 0) is 17.0 Å². The first-order chi connectivity index (χ1) is 11.6. The molecule has 0 spiro atoms. The minimum Gasteiger partial charge on any atom is -0.493 e. The monoisotopic (exact) mass is 349 g/mol. The summed E-state index contributed by atoms with van der Waals surface area (Å²) in [5.41, 5.74) is 2.28. The van der Waals surface area contributed by atoms with E-state index < -0.39 is 11.6 Å². The van der Waals surface area contributed by atoms with Crippen LogP contribution in [0.1, 0.15) is 17.5 Å². The molecule has 0 bridgehead atoms. The van der Waals surface area contributed by atoms with Crippen LogP contribution in [0.25, 0.3) is 0 Å². The van der Waals surface area contributed by atoms with Crippen molar-refractivity contribution in [3.05, 3.63) is 59.2 Å². The van der Waals surface area contributed by atoms with Crippen LogP contribution in [0.4, 0.5) is 14.5 Å². The standard InChI is InChI=1S/C18H17F2NO2S/c19-15-3-1-2-13(18(15)20)11-24-9-8-23-14-5-6-16-12(10-14)4-7-17(22)21-16/h1-3,5-6,10H,4,7-9,11H2,(H,21,22). The van der Waals surface area contributed by atoms with Gasteiger partial charge in [-0.1, -0.05) is 12.1 Å². The van der Waals surface area contributed by atoms with Gasteiger partial charge in [-0.3, -0.25) is 4.79 Å². The Morgan fingerprint density at radius 1 is 1.17 bits per heavy atom. The molecule has 1 aliphatic rings. The Balaban J connectivity index is 1.45. The highest BCUT2D eigenvalue weighted by atomic mass is 32.2. The third kappa shape index (κ3) is 4.06. The Hall–Kier alpha value is -2.08. The van der Waals surface area contributed by atoms with E-state index in [1.165, 1.54) is 17.8 Å². The van der Waals surface area contributed by atoms with Crippen molar-refractivity contribution in [2.75, 3.05) is 17.7 Å². The van der Waals surface area contributed by atoms with Gasteiger partial charge in [-0.05, 0) is 36.2 Å². The summed E-state index contributed by atoms with van der Waals surface area (Å²) in [5.74, 6) is 0.278. The molecule has 2 aromatic rings. The zero-order chi connectivity index (χ0) is 16.9. The fourth-order valence-corrected chi connectivity index (χ4v) is 3.30. The van der Waals surface area contributed by atoms with Crippen LogP contribution in [0.5, 0.6) is 5.75 Å². The van der Waals surface area contributed by atoms with E-state index >= 15 is 0 Å². The van der Waals surface area contributed by atoms with Gasteiger partial charge in [0.2, 0.25) is 5.91 Å². The number of carbonyl (C=O) groups is 1. The van der Waals surface area contributed by atoms with Gasteiger partial charge in [0.05, 0.1) is 6.61 Å². The molecule has 24 heavy (non-hydrogen) atoms. The van der Waals surface area contributed by atoms with Gasteiger partial charge in [0.25, 0.3) is 0 Å². The molecule has 1 aliphatic heterocycles. The summed E-state index contributed by atoms with van der Waals surface area (Å²) in [5, 5.41) is 2.83. The third-order valence-corrected chi connectivity index (χ3v) is 4.73. The molecule has 0 atom stereocenters. The maximum Gasteiger partial charge on any atom is 0.224 e. The van der Waals surface area contributed by atoms with Crippen molar-refractivity contribution in [3.63, 3.8) is 0 Å². The van der Waals surface area contributed by atoms with Crippen molar-refractivity contribution in [2.24, 2.45) is 0 Å². The van der Waals surface area contributed by atoms with Crippen LogP contribution in [-0.4, -0.2) is 18.3 Å². The van der Waals surface area contributed by atoms with Crippen LogP contribution >= 0.6 is 11.8 Å². The number of hydrogen-bond acceptors (Lipinski definition) is 3. The largest absolute Gasteiger partial charge is 0.493 e. The van der Waals surface area contributed by atoms with Crippen LogP contribution in [0, 0.1) is 11.6 Å². The molecule has 2 aromatic carbocycles. The number of rotatable bonds is 6. The van der Waals surface area contributed by atoms with Gasteiger partial charge >= 0.3 is 0 Å². The number of hydrogen-bond donors (Lipinski definition) is 1. The molecule has 1 N–H and O–H groups in total. The molecule has 0 aromatic heterocycles. The molecule has 0 radical (unpaired) electrons. The predicted molar refractivity (Wildman–Crippen MR) is 91.4 cm³/mol. The molecule has 0 aliphatic carbocycles. The molecule has 6 heteroatoms. The Labute approximate surface area is 143 Å². The fraction of sp³-hybridized carbons (Fsp3) is 0.278. The number of carbonyl (C=O) groups excluding carboxylic acids is 1. The smallest absolute Gasteiger partial charge is 0.224 e. The SMILES string of the molecule is O=C1CCc2cc(OCCSCc3cccc(F)c3F)ccc2N1. The minimum absolute atomic E-state index is 0.0390. The van der Waals surface area contributed by atoms with Crippen molar-refractivity contribution in [1.82, 2.24) is 0 Å². The first kappa shape index (κ1) is 16.8. The van der Waals surface area contributed by atoms with Crippen molar-refractivity contribution >= 4 is 23.4 Å². The Kier molecular flexibility index (Phi) is 5.35. The Morgan fingerprint density at radius 2 is 2.04 bits per heavy atom. The fourth-order valence-electron chi connectivity index (χ4n) is 2.51. The van der Waals surface area contributed by atoms with Gasteiger partial charge in [0.15, 0.2) is 11.6 Å². The molecule has 0 fully saturated rings. The average molecular weight is 349 g/mol. The maximum absolute atomic E-state index is 13.5. The zero-order valence-corrected chi connectivity index (χ0v) is 13.8. The Morgan fingerprint density at radius 3 is 2.92 bits per heavy atom. The number of amides is 1. The number of anilines is 1. The van der Waals surface area contributed by atoms with Gasteiger partial charge in [0, 0.05) is 29.2 Å². The summed E-state index contributed by atoms with van der Waals surface area (Å²) < 4.78 is 32.3. The van der Waals surface area contributed by atoms with E-state index in [4.69, 9.17) is 4.74 Å². The van der Waals surface area contributed by atoms with E-state index in [1.54, 1.807) is 6.07 Å². The summed E-state index contributed by atoms with van der Waals surface area (Å²) >= 11 is 1.49. The topological polar surface area (TPSA) is 38.3 Å². The lowest BCUT2D eigenvalue weighted by Crippen LogP contribution is -2.18. The van der Waals surface area contributed by atoms with E-state index in [2.05, 4.69) is 5.32 Å². The van der Waals surface area contributed by atoms with E-state index in [0.717, 1.165) is 23.1 Å². The summed E-state index contributed by atoms with van der Waals surface area (Å²) in [6.45, 7) is 0.479. The molecule has 1 amide bonds. The lowest BCUT2D eigenvalue weighted by atomic mass is 10.0. The minimum atomic E-state index is -0.814. The van der Waals surface area contributed by atoms with Crippen molar-refractivity contribution in [3.8, 4) is 5.75 Å². The lowest BCUT2D eigenvalue weighted by Gasteiger charge is -2.17. The molecule has 126 valence electrons. The normalized spacial score (nSPS) is 13.3. The van der Waals surface area contributed by atoms with Crippen molar-refractivity contribution < 1.29 is 18.3 Å². The molecular weight excluding hydrogens is 332 g/mol. The van der Waals surface area contributed by atoms with Gasteiger partial charge in [0.1, 0.15) is 5.75 Å². The third-order valence-electron chi connectivity index (χ3n) is 3.76. The molecule has 1 heterocycles. The second-order valence-electron chi connectivity index (χ2n) is 5.48. The lowest BCUT2D eigenvalue weighted by molar-refractivity contribution is -0.116. The number of benzene rings is 2. The van der Waals surface area contributed by atoms with Crippen LogP contribution in [0.3, 0.4) is 0 Å². The van der Waals surface area contributed by atoms with E-state index in [9.17, 15) is 13.6 Å². The zero-order valence-electron chi connectivity index (χ0n) is 13.0. The van der Waals surface area contributed by atoms with E-state index in [0.29, 0.717) is 36.5 Å². The number of ether oxygens (including phenoxy) is 1. The van der Waals surface area contributed by atoms with Gasteiger partial charge in [-0.2, -0.15) is 11.8 Å². The number of aryl methyl sites for hydroxylation is 1. The molecule has 3 rings (SSSR count). The number of nitrogens with one attached hydrogen (secondary N) is 1. The van der Waals surface area contributed by atoms with E-state index in [1.807, 2.05) is 18.2 Å². The summed E-state index contributed by atoms with van der Waals surface area (Å²) in [4.78, 5) is 11.3. The first-order valence-corrected chi connectivity index (χ1v) is 8.85. The Bertz CT molecular complexity index is 752. The number of halogens is 2. The van der Waals surface area contributed by atoms with Crippen LogP contribution < -0.4 is 10.1 Å². The highest BCUT2D eigenvalue weighted by Gasteiger charge is 2.15. The number of thioether (sulfide) groups is 1. The second-order valence-corrected chi connectivity index (χ2v) is 6.59. The average Bonchev–Trinajstić information content (AvgIpc) is 2.58. The van der Waals surface area contributed by atoms with Crippen molar-refractivity contribution in [2.45, 2.75) is 18.6 Å². The van der Waals surface area contributed by atoms with Gasteiger partial charge in [-0.25, -0.2) is 8.78 Å².